The van der Waals surface area contributed by atoms with Crippen molar-refractivity contribution in [2.45, 2.75) is 31.9 Å². The largest absolute Gasteiger partial charge is 0.337 e. The highest BCUT2D eigenvalue weighted by Gasteiger charge is 2.23. The molecule has 0 bridgehead atoms. The van der Waals surface area contributed by atoms with Gasteiger partial charge in [-0.1, -0.05) is 67.2 Å². The molecule has 2 aromatic carbocycles. The van der Waals surface area contributed by atoms with Crippen LogP contribution in [0.5, 0.6) is 0 Å². The SMILES string of the molecule is C[SiH2]NC(C)(Cc1ccccc1)Cc1ccccc1. The Morgan fingerprint density at radius 2 is 1.26 bits per heavy atom. The van der Waals surface area contributed by atoms with Gasteiger partial charge in [-0.15, -0.1) is 0 Å². The Kier molecular flexibility index (Phi) is 4.94. The Balaban J connectivity index is 2.13. The molecule has 1 N–H and O–H groups in total. The van der Waals surface area contributed by atoms with Crippen LogP contribution in [0.1, 0.15) is 18.1 Å². The zero-order valence-electron chi connectivity index (χ0n) is 11.9. The third-order valence-electron chi connectivity index (χ3n) is 3.48. The highest BCUT2D eigenvalue weighted by atomic mass is 28.2. The normalized spacial score (nSPS) is 12.1. The van der Waals surface area contributed by atoms with Crippen molar-refractivity contribution in [1.82, 2.24) is 4.98 Å². The van der Waals surface area contributed by atoms with Crippen molar-refractivity contribution in [3.05, 3.63) is 71.8 Å². The number of rotatable bonds is 6. The van der Waals surface area contributed by atoms with Crippen LogP contribution < -0.4 is 4.98 Å². The predicted molar refractivity (Wildman–Crippen MR) is 86.2 cm³/mol. The van der Waals surface area contributed by atoms with Crippen LogP contribution in [0, 0.1) is 0 Å². The van der Waals surface area contributed by atoms with Gasteiger partial charge in [0.15, 0.2) is 0 Å². The molecule has 0 aliphatic carbocycles. The average Bonchev–Trinajstić information content (AvgIpc) is 2.41. The van der Waals surface area contributed by atoms with Gasteiger partial charge in [0.2, 0.25) is 0 Å². The van der Waals surface area contributed by atoms with Gasteiger partial charge in [0.05, 0.1) is 9.68 Å². The first-order chi connectivity index (χ1) is 9.22. The summed E-state index contributed by atoms with van der Waals surface area (Å²) in [5, 5.41) is 0. The van der Waals surface area contributed by atoms with Crippen molar-refractivity contribution in [2.75, 3.05) is 0 Å². The minimum Gasteiger partial charge on any atom is -0.337 e. The molecule has 0 unspecified atom stereocenters. The molecule has 19 heavy (non-hydrogen) atoms. The predicted octanol–water partition coefficient (Wildman–Crippen LogP) is 2.95. The van der Waals surface area contributed by atoms with Crippen LogP contribution in [0.25, 0.3) is 0 Å². The van der Waals surface area contributed by atoms with Gasteiger partial charge in [-0.2, -0.15) is 0 Å². The lowest BCUT2D eigenvalue weighted by atomic mass is 9.87. The number of nitrogens with one attached hydrogen (secondary N) is 1. The molecular formula is C17H23NSi. The van der Waals surface area contributed by atoms with Gasteiger partial charge in [-0.25, -0.2) is 0 Å². The van der Waals surface area contributed by atoms with Gasteiger partial charge in [0.25, 0.3) is 0 Å². The highest BCUT2D eigenvalue weighted by molar-refractivity contribution is 6.30. The summed E-state index contributed by atoms with van der Waals surface area (Å²) in [6, 6.07) is 21.6. The maximum Gasteiger partial charge on any atom is 0.0891 e. The quantitative estimate of drug-likeness (QED) is 0.795. The van der Waals surface area contributed by atoms with Gasteiger partial charge in [-0.3, -0.25) is 0 Å². The fourth-order valence-electron chi connectivity index (χ4n) is 2.71. The molecule has 2 aromatic rings. The fourth-order valence-corrected chi connectivity index (χ4v) is 3.81. The first-order valence-electron chi connectivity index (χ1n) is 7.05. The molecule has 0 aliphatic rings. The third kappa shape index (κ3) is 4.34. The topological polar surface area (TPSA) is 12.0 Å². The van der Waals surface area contributed by atoms with Crippen molar-refractivity contribution in [3.8, 4) is 0 Å². The molecule has 0 heterocycles. The van der Waals surface area contributed by atoms with E-state index in [1.165, 1.54) is 11.1 Å². The Hall–Kier alpha value is -1.38. The van der Waals surface area contributed by atoms with Crippen molar-refractivity contribution in [2.24, 2.45) is 0 Å². The van der Waals surface area contributed by atoms with Crippen LogP contribution in [0.15, 0.2) is 60.7 Å². The van der Waals surface area contributed by atoms with E-state index in [1.54, 1.807) is 0 Å². The van der Waals surface area contributed by atoms with Crippen LogP contribution in [0.2, 0.25) is 6.55 Å². The second kappa shape index (κ2) is 6.69. The van der Waals surface area contributed by atoms with E-state index in [0.717, 1.165) is 12.8 Å². The first kappa shape index (κ1) is 14.0. The molecule has 0 atom stereocenters. The molecule has 100 valence electrons. The molecule has 2 heteroatoms. The Morgan fingerprint density at radius 1 is 0.842 bits per heavy atom. The van der Waals surface area contributed by atoms with Gasteiger partial charge < -0.3 is 4.98 Å². The molecule has 0 radical (unpaired) electrons. The summed E-state index contributed by atoms with van der Waals surface area (Å²) in [6.07, 6.45) is 2.17. The van der Waals surface area contributed by atoms with Crippen molar-refractivity contribution >= 4 is 9.68 Å². The molecule has 2 rings (SSSR count). The van der Waals surface area contributed by atoms with E-state index in [1.807, 2.05) is 0 Å². The maximum atomic E-state index is 3.79. The molecule has 0 amide bonds. The summed E-state index contributed by atoms with van der Waals surface area (Å²) < 4.78 is 0. The Morgan fingerprint density at radius 3 is 1.63 bits per heavy atom. The number of hydrogen-bond acceptors (Lipinski definition) is 1. The summed E-state index contributed by atoms with van der Waals surface area (Å²) in [7, 11) is -0.172. The summed E-state index contributed by atoms with van der Waals surface area (Å²) in [5.74, 6) is 0. The van der Waals surface area contributed by atoms with Crippen LogP contribution in [0.4, 0.5) is 0 Å². The van der Waals surface area contributed by atoms with Gasteiger partial charge >= 0.3 is 0 Å². The van der Waals surface area contributed by atoms with Crippen LogP contribution in [-0.4, -0.2) is 15.2 Å². The first-order valence-corrected chi connectivity index (χ1v) is 9.17. The Labute approximate surface area is 119 Å². The summed E-state index contributed by atoms with van der Waals surface area (Å²) in [6.45, 7) is 4.66. The van der Waals surface area contributed by atoms with Crippen LogP contribution >= 0.6 is 0 Å². The second-order valence-electron chi connectivity index (χ2n) is 5.42. The van der Waals surface area contributed by atoms with Gasteiger partial charge in [0, 0.05) is 5.54 Å². The highest BCUT2D eigenvalue weighted by Crippen LogP contribution is 2.18. The molecule has 1 nitrogen and oxygen atoms in total. The lowest BCUT2D eigenvalue weighted by Crippen LogP contribution is -2.47. The van der Waals surface area contributed by atoms with E-state index in [2.05, 4.69) is 79.1 Å². The molecule has 0 fully saturated rings. The van der Waals surface area contributed by atoms with E-state index >= 15 is 0 Å². The maximum absolute atomic E-state index is 3.79. The van der Waals surface area contributed by atoms with Crippen LogP contribution in [-0.2, 0) is 12.8 Å². The minimum atomic E-state index is -0.172. The van der Waals surface area contributed by atoms with E-state index in [0.29, 0.717) is 0 Å². The minimum absolute atomic E-state index is 0.170. The van der Waals surface area contributed by atoms with E-state index < -0.39 is 0 Å². The van der Waals surface area contributed by atoms with E-state index in [9.17, 15) is 0 Å². The molecule has 0 aromatic heterocycles. The molecule has 0 saturated heterocycles. The van der Waals surface area contributed by atoms with Gasteiger partial charge in [0.1, 0.15) is 0 Å². The zero-order chi connectivity index (χ0) is 13.6. The lowest BCUT2D eigenvalue weighted by molar-refractivity contribution is 0.420. The van der Waals surface area contributed by atoms with Crippen molar-refractivity contribution < 1.29 is 0 Å². The smallest absolute Gasteiger partial charge is 0.0891 e. The molecular weight excluding hydrogens is 246 g/mol. The molecule has 0 saturated carbocycles. The lowest BCUT2D eigenvalue weighted by Gasteiger charge is -2.31. The summed E-state index contributed by atoms with van der Waals surface area (Å²) >= 11 is 0. The number of benzene rings is 2. The summed E-state index contributed by atoms with van der Waals surface area (Å²) in [5.41, 5.74) is 3.00. The Bertz CT molecular complexity index is 440. The summed E-state index contributed by atoms with van der Waals surface area (Å²) in [4.78, 5) is 3.79. The van der Waals surface area contributed by atoms with E-state index in [-0.39, 0.29) is 15.2 Å². The fraction of sp³-hybridized carbons (Fsp3) is 0.294. The van der Waals surface area contributed by atoms with E-state index in [4.69, 9.17) is 0 Å². The van der Waals surface area contributed by atoms with Crippen LogP contribution in [0.3, 0.4) is 0 Å². The monoisotopic (exact) mass is 269 g/mol. The standard InChI is InChI=1S/C17H23NSi/c1-17(18-19-2,13-15-9-5-3-6-10-15)14-16-11-7-4-8-12-16/h3-12,18H,13-14,19H2,1-2H3. The second-order valence-corrected chi connectivity index (χ2v) is 6.48. The molecule has 0 spiro atoms. The zero-order valence-corrected chi connectivity index (χ0v) is 13.3. The molecule has 0 aliphatic heterocycles. The number of hydrogen-bond donors (Lipinski definition) is 1. The van der Waals surface area contributed by atoms with Gasteiger partial charge in [-0.05, 0) is 30.9 Å². The van der Waals surface area contributed by atoms with Crippen molar-refractivity contribution in [1.29, 1.82) is 0 Å². The van der Waals surface area contributed by atoms with Crippen molar-refractivity contribution in [3.63, 3.8) is 0 Å². The third-order valence-corrected chi connectivity index (χ3v) is 4.68. The average molecular weight is 269 g/mol.